The van der Waals surface area contributed by atoms with Crippen LogP contribution in [0.4, 0.5) is 11.6 Å². The number of carbonyl (C=O) groups is 1. The minimum atomic E-state index is -0.207. The molecule has 126 valence electrons. The van der Waals surface area contributed by atoms with E-state index in [2.05, 4.69) is 25.4 Å². The lowest BCUT2D eigenvalue weighted by molar-refractivity contribution is -0.116. The molecule has 3 rings (SSSR count). The van der Waals surface area contributed by atoms with Gasteiger partial charge in [-0.05, 0) is 20.8 Å². The summed E-state index contributed by atoms with van der Waals surface area (Å²) < 4.78 is 3.57. The number of hydrogen-bond acceptors (Lipinski definition) is 6. The van der Waals surface area contributed by atoms with Crippen LogP contribution < -0.4 is 11.1 Å². The lowest BCUT2D eigenvalue weighted by Crippen LogP contribution is -2.26. The zero-order valence-corrected chi connectivity index (χ0v) is 13.9. The molecule has 0 aliphatic heterocycles. The van der Waals surface area contributed by atoms with E-state index in [1.165, 1.54) is 6.33 Å². The van der Waals surface area contributed by atoms with E-state index >= 15 is 0 Å². The number of nitrogens with two attached hydrogens (primary N) is 1. The van der Waals surface area contributed by atoms with Gasteiger partial charge < -0.3 is 15.6 Å². The Morgan fingerprint density at radius 3 is 2.83 bits per heavy atom. The zero-order chi connectivity index (χ0) is 17.3. The molecule has 3 aromatic rings. The average molecular weight is 328 g/mol. The minimum Gasteiger partial charge on any atom is -0.382 e. The summed E-state index contributed by atoms with van der Waals surface area (Å²) in [5, 5.41) is 7.15. The Balaban J connectivity index is 1.68. The van der Waals surface area contributed by atoms with E-state index in [1.54, 1.807) is 27.8 Å². The maximum absolute atomic E-state index is 12.2. The first-order valence-electron chi connectivity index (χ1n) is 7.62. The van der Waals surface area contributed by atoms with Crippen molar-refractivity contribution in [2.45, 2.75) is 39.3 Å². The summed E-state index contributed by atoms with van der Waals surface area (Å²) in [5.41, 5.74) is 6.72. The van der Waals surface area contributed by atoms with Crippen molar-refractivity contribution in [1.82, 2.24) is 29.3 Å². The lowest BCUT2D eigenvalue weighted by atomic mass is 10.1. The number of nitrogen functional groups attached to an aromatic ring is 1. The second-order valence-electron chi connectivity index (χ2n) is 6.47. The minimum absolute atomic E-state index is 0.107. The number of anilines is 2. The van der Waals surface area contributed by atoms with Gasteiger partial charge in [0.1, 0.15) is 17.7 Å². The molecule has 0 saturated carbocycles. The molecule has 9 nitrogen and oxygen atoms in total. The largest absolute Gasteiger partial charge is 0.382 e. The Labute approximate surface area is 138 Å². The van der Waals surface area contributed by atoms with Gasteiger partial charge in [-0.15, -0.1) is 0 Å². The molecule has 0 atom stereocenters. The molecule has 0 saturated heterocycles. The fourth-order valence-electron chi connectivity index (χ4n) is 2.42. The smallest absolute Gasteiger partial charge is 0.227 e. The van der Waals surface area contributed by atoms with Gasteiger partial charge in [0.2, 0.25) is 5.91 Å². The van der Waals surface area contributed by atoms with Gasteiger partial charge >= 0.3 is 0 Å². The average Bonchev–Trinajstić information content (AvgIpc) is 3.12. The highest BCUT2D eigenvalue weighted by molar-refractivity contribution is 5.90. The van der Waals surface area contributed by atoms with Crippen LogP contribution in [0.2, 0.25) is 0 Å². The van der Waals surface area contributed by atoms with E-state index in [-0.39, 0.29) is 17.9 Å². The van der Waals surface area contributed by atoms with Gasteiger partial charge in [-0.3, -0.25) is 4.79 Å². The van der Waals surface area contributed by atoms with Crippen LogP contribution in [0, 0.1) is 0 Å². The number of fused-ring (bicyclic) bond motifs is 1. The molecule has 0 fully saturated rings. The summed E-state index contributed by atoms with van der Waals surface area (Å²) in [4.78, 5) is 24.5. The first kappa shape index (κ1) is 15.9. The first-order valence-corrected chi connectivity index (χ1v) is 7.62. The van der Waals surface area contributed by atoms with Gasteiger partial charge in [-0.25, -0.2) is 19.6 Å². The van der Waals surface area contributed by atoms with Gasteiger partial charge in [0.25, 0.3) is 0 Å². The Morgan fingerprint density at radius 1 is 1.29 bits per heavy atom. The molecule has 0 bridgehead atoms. The van der Waals surface area contributed by atoms with Crippen LogP contribution in [-0.2, 0) is 16.9 Å². The van der Waals surface area contributed by atoms with Crippen molar-refractivity contribution in [1.29, 1.82) is 0 Å². The van der Waals surface area contributed by atoms with Crippen molar-refractivity contribution in [3.63, 3.8) is 0 Å². The van der Waals surface area contributed by atoms with Crippen molar-refractivity contribution in [2.24, 2.45) is 0 Å². The van der Waals surface area contributed by atoms with Gasteiger partial charge in [0, 0.05) is 19.0 Å². The molecule has 9 heteroatoms. The number of nitrogens with one attached hydrogen (secondary N) is 1. The molecular formula is C15H20N8O. The molecule has 0 unspecified atom stereocenters. The molecule has 0 aliphatic rings. The number of amides is 1. The van der Waals surface area contributed by atoms with Gasteiger partial charge in [-0.1, -0.05) is 0 Å². The molecule has 24 heavy (non-hydrogen) atoms. The van der Waals surface area contributed by atoms with Gasteiger partial charge in [0.05, 0.1) is 18.1 Å². The number of nitrogens with zero attached hydrogens (tertiary/aromatic N) is 6. The van der Waals surface area contributed by atoms with E-state index in [1.807, 2.05) is 20.8 Å². The highest BCUT2D eigenvalue weighted by Crippen LogP contribution is 2.19. The third-order valence-electron chi connectivity index (χ3n) is 3.55. The van der Waals surface area contributed by atoms with Crippen LogP contribution in [0.25, 0.3) is 11.2 Å². The number of hydrogen-bond donors (Lipinski definition) is 2. The molecule has 3 N–H and O–H groups in total. The fourth-order valence-corrected chi connectivity index (χ4v) is 2.42. The first-order chi connectivity index (χ1) is 11.4. The van der Waals surface area contributed by atoms with Crippen LogP contribution in [-0.4, -0.2) is 35.2 Å². The van der Waals surface area contributed by atoms with Crippen LogP contribution >= 0.6 is 0 Å². The second-order valence-corrected chi connectivity index (χ2v) is 6.47. The maximum atomic E-state index is 12.2. The lowest BCUT2D eigenvalue weighted by Gasteiger charge is -2.22. The molecular weight excluding hydrogens is 308 g/mol. The summed E-state index contributed by atoms with van der Waals surface area (Å²) in [6.45, 7) is 6.52. The van der Waals surface area contributed by atoms with Crippen LogP contribution in [0.3, 0.4) is 0 Å². The van der Waals surface area contributed by atoms with Crippen molar-refractivity contribution in [3.8, 4) is 0 Å². The van der Waals surface area contributed by atoms with E-state index in [0.29, 0.717) is 29.3 Å². The molecule has 3 aromatic heterocycles. The van der Waals surface area contributed by atoms with Crippen LogP contribution in [0.5, 0.6) is 0 Å². The molecule has 0 aromatic carbocycles. The highest BCUT2D eigenvalue weighted by atomic mass is 16.1. The van der Waals surface area contributed by atoms with Crippen molar-refractivity contribution in [2.75, 3.05) is 11.1 Å². The van der Waals surface area contributed by atoms with Crippen molar-refractivity contribution in [3.05, 3.63) is 24.9 Å². The quantitative estimate of drug-likeness (QED) is 0.747. The van der Waals surface area contributed by atoms with E-state index in [9.17, 15) is 4.79 Å². The zero-order valence-electron chi connectivity index (χ0n) is 13.9. The van der Waals surface area contributed by atoms with Gasteiger partial charge in [-0.2, -0.15) is 5.10 Å². The van der Waals surface area contributed by atoms with Crippen LogP contribution in [0.1, 0.15) is 27.2 Å². The third-order valence-corrected chi connectivity index (χ3v) is 3.55. The third kappa shape index (κ3) is 3.05. The molecule has 3 heterocycles. The Morgan fingerprint density at radius 2 is 2.08 bits per heavy atom. The Bertz CT molecular complexity index is 873. The number of aromatic nitrogens is 6. The van der Waals surface area contributed by atoms with E-state index in [0.717, 1.165) is 0 Å². The molecule has 0 radical (unpaired) electrons. The highest BCUT2D eigenvalue weighted by Gasteiger charge is 2.18. The SMILES string of the molecule is CC(C)(C)n1nccc1NC(=O)CCn1cnc2c(N)ncnc21. The number of imidazole rings is 1. The summed E-state index contributed by atoms with van der Waals surface area (Å²) in [6.07, 6.45) is 4.95. The summed E-state index contributed by atoms with van der Waals surface area (Å²) in [6, 6.07) is 1.78. The van der Waals surface area contributed by atoms with E-state index < -0.39 is 0 Å². The predicted octanol–water partition coefficient (Wildman–Crippen LogP) is 1.39. The molecule has 0 aliphatic carbocycles. The summed E-state index contributed by atoms with van der Waals surface area (Å²) in [5.74, 6) is 0.900. The summed E-state index contributed by atoms with van der Waals surface area (Å²) >= 11 is 0. The van der Waals surface area contributed by atoms with Crippen molar-refractivity contribution >= 4 is 28.7 Å². The molecule has 0 spiro atoms. The van der Waals surface area contributed by atoms with Crippen molar-refractivity contribution < 1.29 is 4.79 Å². The Hall–Kier alpha value is -2.97. The number of rotatable bonds is 4. The fraction of sp³-hybridized carbons (Fsp3) is 0.400. The topological polar surface area (TPSA) is 117 Å². The number of aryl methyl sites for hydroxylation is 1. The summed E-state index contributed by atoms with van der Waals surface area (Å²) in [7, 11) is 0. The van der Waals surface area contributed by atoms with Crippen LogP contribution in [0.15, 0.2) is 24.9 Å². The Kier molecular flexibility index (Phi) is 3.92. The normalized spacial score (nSPS) is 11.8. The second kappa shape index (κ2) is 5.91. The molecule has 1 amide bonds. The standard InChI is InChI=1S/C15H20N8O/c1-15(2,3)23-10(4-6-20-23)21-11(24)5-7-22-9-19-12-13(16)17-8-18-14(12)22/h4,6,8-9H,5,7H2,1-3H3,(H,21,24)(H2,16,17,18). The van der Waals surface area contributed by atoms with Gasteiger partial charge in [0.15, 0.2) is 11.5 Å². The maximum Gasteiger partial charge on any atom is 0.227 e. The number of carbonyl (C=O) groups excluding carboxylic acids is 1. The van der Waals surface area contributed by atoms with E-state index in [4.69, 9.17) is 5.73 Å². The predicted molar refractivity (Wildman–Crippen MR) is 90.2 cm³/mol. The monoisotopic (exact) mass is 328 g/mol.